The minimum atomic E-state index is 0.550. The number of halogens is 1. The lowest BCUT2D eigenvalue weighted by molar-refractivity contribution is 1.45. The molecule has 3 heteroatoms. The molecule has 0 spiro atoms. The maximum atomic E-state index is 8.52. The molecule has 0 saturated carbocycles. The van der Waals surface area contributed by atoms with Crippen LogP contribution in [0.1, 0.15) is 12.5 Å². The number of hydrogen-bond acceptors (Lipinski definition) is 2. The fourth-order valence-corrected chi connectivity index (χ4v) is 1.53. The zero-order chi connectivity index (χ0) is 8.27. The van der Waals surface area contributed by atoms with E-state index in [-0.39, 0.29) is 0 Å². The molecule has 11 heavy (non-hydrogen) atoms. The molecule has 1 heterocycles. The average Bonchev–Trinajstić information content (AvgIpc) is 2.53. The van der Waals surface area contributed by atoms with Crippen LogP contribution in [-0.4, -0.2) is 0 Å². The molecule has 1 aromatic heterocycles. The Labute approximate surface area is 74.5 Å². The molecule has 0 bridgehead atoms. The molecular weight excluding hydrogens is 178 g/mol. The van der Waals surface area contributed by atoms with E-state index in [4.69, 9.17) is 16.9 Å². The Balaban J connectivity index is 3.05. The third kappa shape index (κ3) is 1.83. The fourth-order valence-electron chi connectivity index (χ4n) is 0.655. The molecule has 0 saturated heterocycles. The van der Waals surface area contributed by atoms with Crippen LogP contribution in [0.3, 0.4) is 0 Å². The van der Waals surface area contributed by atoms with Crippen molar-refractivity contribution in [2.24, 2.45) is 0 Å². The van der Waals surface area contributed by atoms with Gasteiger partial charge in [-0.15, -0.1) is 0 Å². The van der Waals surface area contributed by atoms with Gasteiger partial charge in [-0.1, -0.05) is 11.6 Å². The second kappa shape index (κ2) is 3.56. The summed E-state index contributed by atoms with van der Waals surface area (Å²) in [7, 11) is 0. The van der Waals surface area contributed by atoms with Gasteiger partial charge in [0.15, 0.2) is 0 Å². The second-order valence-corrected chi connectivity index (χ2v) is 3.22. The summed E-state index contributed by atoms with van der Waals surface area (Å²) >= 11 is 7.43. The largest absolute Gasteiger partial charge is 0.193 e. The molecule has 0 atom stereocenters. The van der Waals surface area contributed by atoms with Crippen molar-refractivity contribution < 1.29 is 0 Å². The molecule has 0 N–H and O–H groups in total. The first-order valence-electron chi connectivity index (χ1n) is 3.04. The highest BCUT2D eigenvalue weighted by Crippen LogP contribution is 2.24. The van der Waals surface area contributed by atoms with Crippen molar-refractivity contribution in [3.05, 3.63) is 28.0 Å². The molecule has 56 valence electrons. The fraction of sp³-hybridized carbons (Fsp3) is 0.125. The lowest BCUT2D eigenvalue weighted by Crippen LogP contribution is -1.75. The molecular formula is C8H6ClNS. The van der Waals surface area contributed by atoms with E-state index < -0.39 is 0 Å². The minimum Gasteiger partial charge on any atom is -0.193 e. The average molecular weight is 184 g/mol. The SMILES string of the molecule is C/C(C#N)=C(/Cl)c1ccsc1. The van der Waals surface area contributed by atoms with Gasteiger partial charge >= 0.3 is 0 Å². The van der Waals surface area contributed by atoms with E-state index in [1.165, 1.54) is 0 Å². The number of nitrogens with zero attached hydrogens (tertiary/aromatic N) is 1. The van der Waals surface area contributed by atoms with Gasteiger partial charge in [-0.2, -0.15) is 16.6 Å². The van der Waals surface area contributed by atoms with E-state index in [1.807, 2.05) is 22.9 Å². The number of allylic oxidation sites excluding steroid dienone is 1. The lowest BCUT2D eigenvalue weighted by atomic mass is 10.2. The normalized spacial score (nSPS) is 12.1. The Morgan fingerprint density at radius 3 is 2.91 bits per heavy atom. The predicted molar refractivity (Wildman–Crippen MR) is 48.4 cm³/mol. The Kier molecular flexibility index (Phi) is 2.70. The maximum Gasteiger partial charge on any atom is 0.0959 e. The highest BCUT2D eigenvalue weighted by atomic mass is 35.5. The highest BCUT2D eigenvalue weighted by molar-refractivity contribution is 7.08. The van der Waals surface area contributed by atoms with Crippen LogP contribution < -0.4 is 0 Å². The van der Waals surface area contributed by atoms with Gasteiger partial charge in [0, 0.05) is 11.1 Å². The van der Waals surface area contributed by atoms with Crippen molar-refractivity contribution in [3.8, 4) is 6.07 Å². The van der Waals surface area contributed by atoms with Gasteiger partial charge in [-0.25, -0.2) is 0 Å². The van der Waals surface area contributed by atoms with E-state index in [9.17, 15) is 0 Å². The van der Waals surface area contributed by atoms with Gasteiger partial charge in [-0.3, -0.25) is 0 Å². The monoisotopic (exact) mass is 183 g/mol. The van der Waals surface area contributed by atoms with Crippen LogP contribution in [0, 0.1) is 11.3 Å². The highest BCUT2D eigenvalue weighted by Gasteiger charge is 2.01. The minimum absolute atomic E-state index is 0.550. The van der Waals surface area contributed by atoms with Crippen LogP contribution in [0.25, 0.3) is 5.03 Å². The van der Waals surface area contributed by atoms with Crippen molar-refractivity contribution in [2.45, 2.75) is 6.92 Å². The standard InChI is InChI=1S/C8H6ClNS/c1-6(4-10)8(9)7-2-3-11-5-7/h2-3,5H,1H3/b8-6-. The van der Waals surface area contributed by atoms with Gasteiger partial charge in [0.2, 0.25) is 0 Å². The first kappa shape index (κ1) is 8.32. The van der Waals surface area contributed by atoms with Crippen molar-refractivity contribution >= 4 is 28.0 Å². The summed E-state index contributed by atoms with van der Waals surface area (Å²) < 4.78 is 0. The van der Waals surface area contributed by atoms with Crippen LogP contribution in [-0.2, 0) is 0 Å². The lowest BCUT2D eigenvalue weighted by Gasteiger charge is -1.92. The van der Waals surface area contributed by atoms with E-state index in [2.05, 4.69) is 0 Å². The van der Waals surface area contributed by atoms with Gasteiger partial charge in [0.25, 0.3) is 0 Å². The van der Waals surface area contributed by atoms with Gasteiger partial charge in [0.05, 0.1) is 11.1 Å². The van der Waals surface area contributed by atoms with Gasteiger partial charge in [-0.05, 0) is 23.8 Å². The molecule has 0 amide bonds. The van der Waals surface area contributed by atoms with Crippen LogP contribution in [0.2, 0.25) is 0 Å². The molecule has 0 aliphatic carbocycles. The van der Waals surface area contributed by atoms with Crippen LogP contribution in [0.15, 0.2) is 22.4 Å². The van der Waals surface area contributed by atoms with E-state index in [0.29, 0.717) is 10.6 Å². The van der Waals surface area contributed by atoms with E-state index in [0.717, 1.165) is 5.56 Å². The summed E-state index contributed by atoms with van der Waals surface area (Å²) in [5, 5.41) is 12.9. The van der Waals surface area contributed by atoms with Crippen LogP contribution >= 0.6 is 22.9 Å². The first-order chi connectivity index (χ1) is 5.25. The van der Waals surface area contributed by atoms with Crippen molar-refractivity contribution in [3.63, 3.8) is 0 Å². The summed E-state index contributed by atoms with van der Waals surface area (Å²) in [5.41, 5.74) is 1.49. The molecule has 1 nitrogen and oxygen atoms in total. The predicted octanol–water partition coefficient (Wildman–Crippen LogP) is 3.24. The summed E-state index contributed by atoms with van der Waals surface area (Å²) in [4.78, 5) is 0. The molecule has 0 fully saturated rings. The second-order valence-electron chi connectivity index (χ2n) is 2.06. The third-order valence-corrected chi connectivity index (χ3v) is 2.46. The van der Waals surface area contributed by atoms with E-state index >= 15 is 0 Å². The zero-order valence-corrected chi connectivity index (χ0v) is 7.54. The van der Waals surface area contributed by atoms with Crippen molar-refractivity contribution in [1.82, 2.24) is 0 Å². The Bertz CT molecular complexity index is 305. The number of hydrogen-bond donors (Lipinski definition) is 0. The summed E-state index contributed by atoms with van der Waals surface area (Å²) in [6.07, 6.45) is 0. The number of thiophene rings is 1. The third-order valence-electron chi connectivity index (χ3n) is 1.27. The smallest absolute Gasteiger partial charge is 0.0959 e. The van der Waals surface area contributed by atoms with Crippen molar-refractivity contribution in [2.75, 3.05) is 0 Å². The molecule has 0 unspecified atom stereocenters. The number of nitriles is 1. The summed E-state index contributed by atoms with van der Waals surface area (Å²) in [6.45, 7) is 1.71. The number of rotatable bonds is 1. The summed E-state index contributed by atoms with van der Waals surface area (Å²) in [5.74, 6) is 0. The van der Waals surface area contributed by atoms with Crippen LogP contribution in [0.5, 0.6) is 0 Å². The topological polar surface area (TPSA) is 23.8 Å². The van der Waals surface area contributed by atoms with Crippen LogP contribution in [0.4, 0.5) is 0 Å². The zero-order valence-electron chi connectivity index (χ0n) is 5.97. The maximum absolute atomic E-state index is 8.52. The quantitative estimate of drug-likeness (QED) is 0.614. The van der Waals surface area contributed by atoms with E-state index in [1.54, 1.807) is 18.3 Å². The molecule has 1 rings (SSSR count). The Morgan fingerprint density at radius 1 is 1.73 bits per heavy atom. The first-order valence-corrected chi connectivity index (χ1v) is 4.37. The molecule has 0 radical (unpaired) electrons. The molecule has 1 aromatic rings. The Morgan fingerprint density at radius 2 is 2.45 bits per heavy atom. The van der Waals surface area contributed by atoms with Gasteiger partial charge in [0.1, 0.15) is 0 Å². The van der Waals surface area contributed by atoms with Gasteiger partial charge < -0.3 is 0 Å². The summed E-state index contributed by atoms with van der Waals surface area (Å²) in [6, 6.07) is 3.90. The molecule has 0 aliphatic rings. The molecule has 0 aromatic carbocycles. The Hall–Kier alpha value is -0.780. The molecule has 0 aliphatic heterocycles. The van der Waals surface area contributed by atoms with Crippen molar-refractivity contribution in [1.29, 1.82) is 5.26 Å².